The van der Waals surface area contributed by atoms with Crippen molar-refractivity contribution in [3.63, 3.8) is 0 Å². The monoisotopic (exact) mass is 340 g/mol. The second kappa shape index (κ2) is 8.34. The first-order valence-electron chi connectivity index (χ1n) is 9.15. The van der Waals surface area contributed by atoms with E-state index in [2.05, 4.69) is 31.1 Å². The van der Waals surface area contributed by atoms with Gasteiger partial charge in [0.1, 0.15) is 5.76 Å². The quantitative estimate of drug-likeness (QED) is 0.799. The minimum Gasteiger partial charge on any atom is -0.467 e. The summed E-state index contributed by atoms with van der Waals surface area (Å²) in [6, 6.07) is 14.5. The standard InChI is InChI=1S/C21H28N2O2/c1-22(2)19-11-6-10-18(14-19)21(24)23(16-20-12-7-13-25-20)15-17-8-4-3-5-9-17/h3-5,7-9,12-13,18-19H,6,10-11,14-16H2,1-2H3/t18-,19+/m0/s1. The summed E-state index contributed by atoms with van der Waals surface area (Å²) in [6.45, 7) is 1.16. The topological polar surface area (TPSA) is 36.7 Å². The minimum absolute atomic E-state index is 0.111. The van der Waals surface area contributed by atoms with Crippen LogP contribution >= 0.6 is 0 Å². The number of furan rings is 1. The maximum atomic E-state index is 13.3. The van der Waals surface area contributed by atoms with Gasteiger partial charge in [-0.25, -0.2) is 0 Å². The molecule has 0 aliphatic heterocycles. The average molecular weight is 340 g/mol. The SMILES string of the molecule is CN(C)[C@@H]1CCC[C@H](C(=O)N(Cc2ccccc2)Cc2ccco2)C1. The molecular formula is C21H28N2O2. The number of hydrogen-bond acceptors (Lipinski definition) is 3. The molecule has 0 radical (unpaired) electrons. The van der Waals surface area contributed by atoms with Crippen LogP contribution in [0.1, 0.15) is 37.0 Å². The highest BCUT2D eigenvalue weighted by Crippen LogP contribution is 2.29. The Hall–Kier alpha value is -2.07. The zero-order chi connectivity index (χ0) is 17.6. The van der Waals surface area contributed by atoms with Crippen molar-refractivity contribution in [2.24, 2.45) is 5.92 Å². The Bertz CT molecular complexity index is 652. The lowest BCUT2D eigenvalue weighted by Gasteiger charge is -2.35. The van der Waals surface area contributed by atoms with Crippen LogP contribution in [0.5, 0.6) is 0 Å². The molecule has 1 aliphatic carbocycles. The lowest BCUT2D eigenvalue weighted by atomic mass is 9.84. The van der Waals surface area contributed by atoms with E-state index in [1.54, 1.807) is 6.26 Å². The van der Waals surface area contributed by atoms with E-state index in [9.17, 15) is 4.79 Å². The number of amides is 1. The van der Waals surface area contributed by atoms with Gasteiger partial charge in [-0.3, -0.25) is 4.79 Å². The molecule has 4 heteroatoms. The second-order valence-electron chi connectivity index (χ2n) is 7.24. The summed E-state index contributed by atoms with van der Waals surface area (Å²) in [5, 5.41) is 0. The molecule has 1 fully saturated rings. The summed E-state index contributed by atoms with van der Waals surface area (Å²) in [7, 11) is 4.23. The Kier molecular flexibility index (Phi) is 5.92. The van der Waals surface area contributed by atoms with E-state index in [1.807, 2.05) is 35.2 Å². The molecule has 25 heavy (non-hydrogen) atoms. The molecule has 3 rings (SSSR count). The summed E-state index contributed by atoms with van der Waals surface area (Å²) in [6.07, 6.45) is 5.93. The van der Waals surface area contributed by atoms with Crippen molar-refractivity contribution in [1.29, 1.82) is 0 Å². The van der Waals surface area contributed by atoms with E-state index in [4.69, 9.17) is 4.42 Å². The van der Waals surface area contributed by atoms with Crippen molar-refractivity contribution in [3.05, 3.63) is 60.1 Å². The van der Waals surface area contributed by atoms with E-state index in [0.717, 1.165) is 30.6 Å². The molecular weight excluding hydrogens is 312 g/mol. The van der Waals surface area contributed by atoms with Gasteiger partial charge in [-0.1, -0.05) is 36.8 Å². The van der Waals surface area contributed by atoms with Crippen LogP contribution in [0.15, 0.2) is 53.1 Å². The largest absolute Gasteiger partial charge is 0.467 e. The van der Waals surface area contributed by atoms with Gasteiger partial charge in [0.2, 0.25) is 5.91 Å². The molecule has 0 unspecified atom stereocenters. The van der Waals surface area contributed by atoms with Crippen LogP contribution in [0.3, 0.4) is 0 Å². The highest BCUT2D eigenvalue weighted by atomic mass is 16.3. The molecule has 1 saturated carbocycles. The fourth-order valence-corrected chi connectivity index (χ4v) is 3.72. The summed E-state index contributed by atoms with van der Waals surface area (Å²) in [5.41, 5.74) is 1.15. The van der Waals surface area contributed by atoms with Gasteiger partial charge in [-0.2, -0.15) is 0 Å². The van der Waals surface area contributed by atoms with Crippen molar-refractivity contribution in [3.8, 4) is 0 Å². The molecule has 1 aromatic carbocycles. The maximum absolute atomic E-state index is 13.3. The lowest BCUT2D eigenvalue weighted by Crippen LogP contribution is -2.41. The van der Waals surface area contributed by atoms with Crippen LogP contribution in [0, 0.1) is 5.92 Å². The summed E-state index contributed by atoms with van der Waals surface area (Å²) in [4.78, 5) is 17.5. The number of carbonyl (C=O) groups excluding carboxylic acids is 1. The van der Waals surface area contributed by atoms with E-state index in [-0.39, 0.29) is 11.8 Å². The van der Waals surface area contributed by atoms with Crippen LogP contribution in [0.25, 0.3) is 0 Å². The Morgan fingerprint density at radius 1 is 1.08 bits per heavy atom. The third-order valence-electron chi connectivity index (χ3n) is 5.18. The third kappa shape index (κ3) is 4.73. The molecule has 0 saturated heterocycles. The van der Waals surface area contributed by atoms with Gasteiger partial charge in [0.25, 0.3) is 0 Å². The molecule has 1 heterocycles. The van der Waals surface area contributed by atoms with Gasteiger partial charge in [-0.15, -0.1) is 0 Å². The van der Waals surface area contributed by atoms with Crippen molar-refractivity contribution >= 4 is 5.91 Å². The highest BCUT2D eigenvalue weighted by Gasteiger charge is 2.31. The number of nitrogens with zero attached hydrogens (tertiary/aromatic N) is 2. The molecule has 1 aliphatic rings. The molecule has 134 valence electrons. The molecule has 0 bridgehead atoms. The van der Waals surface area contributed by atoms with Crippen LogP contribution in [0.2, 0.25) is 0 Å². The van der Waals surface area contributed by atoms with Crippen molar-refractivity contribution < 1.29 is 9.21 Å². The van der Waals surface area contributed by atoms with Crippen LogP contribution in [-0.4, -0.2) is 35.8 Å². The smallest absolute Gasteiger partial charge is 0.226 e. The van der Waals surface area contributed by atoms with Crippen molar-refractivity contribution in [2.45, 2.75) is 44.8 Å². The van der Waals surface area contributed by atoms with Crippen LogP contribution in [-0.2, 0) is 17.9 Å². The number of benzene rings is 1. The first-order valence-corrected chi connectivity index (χ1v) is 9.15. The van der Waals surface area contributed by atoms with E-state index in [1.165, 1.54) is 6.42 Å². The van der Waals surface area contributed by atoms with E-state index >= 15 is 0 Å². The van der Waals surface area contributed by atoms with E-state index in [0.29, 0.717) is 19.1 Å². The minimum atomic E-state index is 0.111. The van der Waals surface area contributed by atoms with Gasteiger partial charge < -0.3 is 14.2 Å². The molecule has 1 aromatic heterocycles. The second-order valence-corrected chi connectivity index (χ2v) is 7.24. The fraction of sp³-hybridized carbons (Fsp3) is 0.476. The fourth-order valence-electron chi connectivity index (χ4n) is 3.72. The normalized spacial score (nSPS) is 20.6. The summed E-state index contributed by atoms with van der Waals surface area (Å²) in [5.74, 6) is 1.20. The van der Waals surface area contributed by atoms with Crippen molar-refractivity contribution in [1.82, 2.24) is 9.80 Å². The van der Waals surface area contributed by atoms with Gasteiger partial charge in [-0.05, 0) is 51.1 Å². The summed E-state index contributed by atoms with van der Waals surface area (Å²) < 4.78 is 5.50. The summed E-state index contributed by atoms with van der Waals surface area (Å²) >= 11 is 0. The molecule has 0 spiro atoms. The molecule has 2 atom stereocenters. The highest BCUT2D eigenvalue weighted by molar-refractivity contribution is 5.79. The first-order chi connectivity index (χ1) is 12.1. The third-order valence-corrected chi connectivity index (χ3v) is 5.18. The van der Waals surface area contributed by atoms with Gasteiger partial charge in [0, 0.05) is 18.5 Å². The average Bonchev–Trinajstić information content (AvgIpc) is 3.14. The van der Waals surface area contributed by atoms with Crippen LogP contribution < -0.4 is 0 Å². The number of rotatable bonds is 6. The number of carbonyl (C=O) groups is 1. The maximum Gasteiger partial charge on any atom is 0.226 e. The molecule has 4 nitrogen and oxygen atoms in total. The molecule has 0 N–H and O–H groups in total. The Balaban J connectivity index is 1.74. The van der Waals surface area contributed by atoms with Gasteiger partial charge in [0.15, 0.2) is 0 Å². The molecule has 2 aromatic rings. The zero-order valence-corrected chi connectivity index (χ0v) is 15.2. The molecule has 1 amide bonds. The Morgan fingerprint density at radius 3 is 2.56 bits per heavy atom. The Morgan fingerprint density at radius 2 is 1.88 bits per heavy atom. The Labute approximate surface area is 150 Å². The predicted molar refractivity (Wildman–Crippen MR) is 98.8 cm³/mol. The lowest BCUT2D eigenvalue weighted by molar-refractivity contribution is -0.138. The van der Waals surface area contributed by atoms with Crippen LogP contribution in [0.4, 0.5) is 0 Å². The van der Waals surface area contributed by atoms with Gasteiger partial charge >= 0.3 is 0 Å². The predicted octanol–water partition coefficient (Wildman–Crippen LogP) is 3.93. The van der Waals surface area contributed by atoms with Crippen molar-refractivity contribution in [2.75, 3.05) is 14.1 Å². The zero-order valence-electron chi connectivity index (χ0n) is 15.2. The first kappa shape index (κ1) is 17.7. The number of hydrogen-bond donors (Lipinski definition) is 0. The van der Waals surface area contributed by atoms with E-state index < -0.39 is 0 Å². The van der Waals surface area contributed by atoms with Gasteiger partial charge in [0.05, 0.1) is 12.8 Å².